The number of nitro groups is 1. The number of hydrogen-bond donors (Lipinski definition) is 1. The van der Waals surface area contributed by atoms with E-state index in [0.29, 0.717) is 17.2 Å². The number of pyridine rings is 1. The van der Waals surface area contributed by atoms with Crippen LogP contribution in [0.2, 0.25) is 0 Å². The first kappa shape index (κ1) is 17.4. The maximum absolute atomic E-state index is 12.8. The molecule has 0 radical (unpaired) electrons. The van der Waals surface area contributed by atoms with Gasteiger partial charge in [0.1, 0.15) is 17.2 Å². The smallest absolute Gasteiger partial charge is 0.270 e. The van der Waals surface area contributed by atoms with Gasteiger partial charge >= 0.3 is 0 Å². The van der Waals surface area contributed by atoms with Gasteiger partial charge < -0.3 is 5.32 Å². The number of imidazole rings is 1. The van der Waals surface area contributed by atoms with E-state index in [0.717, 1.165) is 11.1 Å². The molecule has 0 aliphatic heterocycles. The lowest BCUT2D eigenvalue weighted by Crippen LogP contribution is -2.14. The van der Waals surface area contributed by atoms with Crippen LogP contribution in [0, 0.1) is 17.0 Å². The Morgan fingerprint density at radius 2 is 1.86 bits per heavy atom. The third-order valence-electron chi connectivity index (χ3n) is 4.38. The van der Waals surface area contributed by atoms with E-state index in [-0.39, 0.29) is 11.3 Å². The van der Waals surface area contributed by atoms with Gasteiger partial charge in [-0.05, 0) is 30.7 Å². The first-order valence-corrected chi connectivity index (χ1v) is 8.63. The molecule has 1 amide bonds. The topological polar surface area (TPSA) is 89.5 Å². The summed E-state index contributed by atoms with van der Waals surface area (Å²) in [4.78, 5) is 28.0. The van der Waals surface area contributed by atoms with Crippen LogP contribution in [-0.2, 0) is 0 Å². The van der Waals surface area contributed by atoms with E-state index < -0.39 is 10.8 Å². The second-order valence-electron chi connectivity index (χ2n) is 6.37. The van der Waals surface area contributed by atoms with Gasteiger partial charge in [0.25, 0.3) is 11.6 Å². The number of carbonyl (C=O) groups excluding carboxylic acids is 1. The van der Waals surface area contributed by atoms with Crippen LogP contribution in [0.25, 0.3) is 16.9 Å². The van der Waals surface area contributed by atoms with Crippen molar-refractivity contribution in [1.82, 2.24) is 9.38 Å². The van der Waals surface area contributed by atoms with Crippen molar-refractivity contribution < 1.29 is 9.72 Å². The SMILES string of the molecule is Cc1ccn2c(NC(=O)c3cccc([N+](=O)[O-])c3)c(-c3ccccc3)nc2c1. The summed E-state index contributed by atoms with van der Waals surface area (Å²) >= 11 is 0. The minimum Gasteiger partial charge on any atom is -0.306 e. The Balaban J connectivity index is 1.80. The second kappa shape index (κ2) is 6.96. The Labute approximate surface area is 160 Å². The van der Waals surface area contributed by atoms with Crippen molar-refractivity contribution in [2.45, 2.75) is 6.92 Å². The van der Waals surface area contributed by atoms with E-state index in [1.165, 1.54) is 24.3 Å². The lowest BCUT2D eigenvalue weighted by molar-refractivity contribution is -0.384. The van der Waals surface area contributed by atoms with Gasteiger partial charge in [0.2, 0.25) is 0 Å². The summed E-state index contributed by atoms with van der Waals surface area (Å²) in [6, 6.07) is 19.0. The molecule has 2 aromatic heterocycles. The molecule has 0 saturated heterocycles. The molecule has 0 bridgehead atoms. The highest BCUT2D eigenvalue weighted by atomic mass is 16.6. The van der Waals surface area contributed by atoms with Gasteiger partial charge in [0, 0.05) is 29.5 Å². The Kier molecular flexibility index (Phi) is 4.33. The van der Waals surface area contributed by atoms with Crippen molar-refractivity contribution in [2.75, 3.05) is 5.32 Å². The average Bonchev–Trinajstić information content (AvgIpc) is 3.06. The number of nitrogens with zero attached hydrogens (tertiary/aromatic N) is 3. The van der Waals surface area contributed by atoms with Gasteiger partial charge in [-0.1, -0.05) is 36.4 Å². The molecule has 0 unspecified atom stereocenters. The number of benzene rings is 2. The lowest BCUT2D eigenvalue weighted by atomic mass is 10.1. The Morgan fingerprint density at radius 3 is 2.61 bits per heavy atom. The van der Waals surface area contributed by atoms with Crippen LogP contribution in [0.3, 0.4) is 0 Å². The Morgan fingerprint density at radius 1 is 1.07 bits per heavy atom. The second-order valence-corrected chi connectivity index (χ2v) is 6.37. The van der Waals surface area contributed by atoms with Crippen LogP contribution in [0.5, 0.6) is 0 Å². The summed E-state index contributed by atoms with van der Waals surface area (Å²) < 4.78 is 1.80. The molecule has 0 aliphatic carbocycles. The van der Waals surface area contributed by atoms with Crippen LogP contribution < -0.4 is 5.32 Å². The number of aromatic nitrogens is 2. The molecule has 7 nitrogen and oxygen atoms in total. The lowest BCUT2D eigenvalue weighted by Gasteiger charge is -2.08. The van der Waals surface area contributed by atoms with E-state index in [2.05, 4.69) is 10.3 Å². The molecule has 4 rings (SSSR count). The molecule has 2 aromatic carbocycles. The van der Waals surface area contributed by atoms with Crippen molar-refractivity contribution in [3.05, 3.63) is 94.2 Å². The number of aryl methyl sites for hydroxylation is 1. The zero-order chi connectivity index (χ0) is 19.7. The molecule has 28 heavy (non-hydrogen) atoms. The predicted octanol–water partition coefficient (Wildman–Crippen LogP) is 4.47. The molecule has 0 fully saturated rings. The number of nitrogens with one attached hydrogen (secondary N) is 1. The van der Waals surface area contributed by atoms with Crippen molar-refractivity contribution in [1.29, 1.82) is 0 Å². The molecule has 138 valence electrons. The fourth-order valence-corrected chi connectivity index (χ4v) is 3.00. The highest BCUT2D eigenvalue weighted by Gasteiger charge is 2.18. The molecule has 0 atom stereocenters. The molecule has 0 aliphatic rings. The van der Waals surface area contributed by atoms with E-state index in [1.807, 2.05) is 55.6 Å². The summed E-state index contributed by atoms with van der Waals surface area (Å²) in [5.41, 5.74) is 3.31. The first-order chi connectivity index (χ1) is 13.5. The van der Waals surface area contributed by atoms with Gasteiger partial charge in [-0.25, -0.2) is 4.98 Å². The van der Waals surface area contributed by atoms with Gasteiger partial charge in [-0.2, -0.15) is 0 Å². The third kappa shape index (κ3) is 3.21. The quantitative estimate of drug-likeness (QED) is 0.423. The number of carbonyl (C=O) groups is 1. The van der Waals surface area contributed by atoms with Crippen molar-refractivity contribution in [3.8, 4) is 11.3 Å². The minimum atomic E-state index is -0.525. The van der Waals surface area contributed by atoms with Crippen LogP contribution in [-0.4, -0.2) is 20.2 Å². The molecule has 0 spiro atoms. The zero-order valence-electron chi connectivity index (χ0n) is 15.0. The third-order valence-corrected chi connectivity index (χ3v) is 4.38. The van der Waals surface area contributed by atoms with Gasteiger partial charge in [-0.15, -0.1) is 0 Å². The maximum atomic E-state index is 12.8. The number of rotatable bonds is 4. The highest BCUT2D eigenvalue weighted by Crippen LogP contribution is 2.29. The summed E-state index contributed by atoms with van der Waals surface area (Å²) in [6.45, 7) is 1.97. The van der Waals surface area contributed by atoms with E-state index in [4.69, 9.17) is 0 Å². The summed E-state index contributed by atoms with van der Waals surface area (Å²) in [5.74, 6) is 0.0703. The van der Waals surface area contributed by atoms with E-state index >= 15 is 0 Å². The maximum Gasteiger partial charge on any atom is 0.270 e. The monoisotopic (exact) mass is 372 g/mol. The van der Waals surface area contributed by atoms with Crippen LogP contribution in [0.15, 0.2) is 72.9 Å². The molecule has 7 heteroatoms. The molecular weight excluding hydrogens is 356 g/mol. The molecule has 4 aromatic rings. The Bertz CT molecular complexity index is 1200. The number of nitro benzene ring substituents is 1. The van der Waals surface area contributed by atoms with Gasteiger partial charge in [-0.3, -0.25) is 19.3 Å². The van der Waals surface area contributed by atoms with Gasteiger partial charge in [0.15, 0.2) is 0 Å². The number of amides is 1. The van der Waals surface area contributed by atoms with Crippen molar-refractivity contribution >= 4 is 23.1 Å². The number of fused-ring (bicyclic) bond motifs is 1. The van der Waals surface area contributed by atoms with Crippen LogP contribution >= 0.6 is 0 Å². The largest absolute Gasteiger partial charge is 0.306 e. The number of non-ortho nitro benzene ring substituents is 1. The summed E-state index contributed by atoms with van der Waals surface area (Å²) in [6.07, 6.45) is 1.84. The highest BCUT2D eigenvalue weighted by molar-refractivity contribution is 6.06. The zero-order valence-corrected chi connectivity index (χ0v) is 15.0. The van der Waals surface area contributed by atoms with Gasteiger partial charge in [0.05, 0.1) is 4.92 Å². The van der Waals surface area contributed by atoms with Crippen LogP contribution in [0.4, 0.5) is 11.5 Å². The number of anilines is 1. The Hall–Kier alpha value is -4.00. The molecule has 0 saturated carbocycles. The van der Waals surface area contributed by atoms with Crippen molar-refractivity contribution in [2.24, 2.45) is 0 Å². The standard InChI is InChI=1S/C21H16N4O3/c1-14-10-11-24-18(12-14)22-19(15-6-3-2-4-7-15)20(24)23-21(26)16-8-5-9-17(13-16)25(27)28/h2-13H,1H3,(H,23,26). The molecular formula is C21H16N4O3. The first-order valence-electron chi connectivity index (χ1n) is 8.63. The van der Waals surface area contributed by atoms with E-state index in [1.54, 1.807) is 4.40 Å². The summed E-state index contributed by atoms with van der Waals surface area (Å²) in [5, 5.41) is 13.9. The van der Waals surface area contributed by atoms with E-state index in [9.17, 15) is 14.9 Å². The fourth-order valence-electron chi connectivity index (χ4n) is 3.00. The predicted molar refractivity (Wildman–Crippen MR) is 106 cm³/mol. The molecule has 1 N–H and O–H groups in total. The van der Waals surface area contributed by atoms with Crippen LogP contribution in [0.1, 0.15) is 15.9 Å². The fraction of sp³-hybridized carbons (Fsp3) is 0.0476. The normalized spacial score (nSPS) is 10.8. The average molecular weight is 372 g/mol. The summed E-state index contributed by atoms with van der Waals surface area (Å²) in [7, 11) is 0. The van der Waals surface area contributed by atoms with Crippen molar-refractivity contribution in [3.63, 3.8) is 0 Å². The minimum absolute atomic E-state index is 0.135. The molecule has 2 heterocycles. The number of hydrogen-bond acceptors (Lipinski definition) is 4.